The molecule has 2 saturated heterocycles. The minimum atomic E-state index is -0.620. The maximum absolute atomic E-state index is 12.1. The molecule has 9 nitrogen and oxygen atoms in total. The maximum atomic E-state index is 12.1. The molecular weight excluding hydrogens is 468 g/mol. The number of hydrogen-bond donors (Lipinski definition) is 2. The highest BCUT2D eigenvalue weighted by atomic mass is 16.5. The Morgan fingerprint density at radius 1 is 1.11 bits per heavy atom. The van der Waals surface area contributed by atoms with Gasteiger partial charge in [0.25, 0.3) is 5.91 Å². The van der Waals surface area contributed by atoms with Crippen LogP contribution in [0.4, 0.5) is 11.4 Å². The standard InChI is InChI=1S/C18H24N2O2.C10H10N4O/c1-19-16-11-15(6-5-14(16)3-2-4-17(19)21)20-12-18(13-20)7-9-22-10-8-18;11-9(15)10-12-8(13-14-10)6-7-4-2-1-3-5-7/h5-6,11H,2-4,7-10,12-13H2,1H3;1-5H,6H2,(H2,11,15)(H,12,13,14). The zero-order valence-electron chi connectivity index (χ0n) is 21.3. The average Bonchev–Trinajstić information content (AvgIpc) is 3.32. The Morgan fingerprint density at radius 2 is 1.86 bits per heavy atom. The number of benzene rings is 2. The third-order valence-corrected chi connectivity index (χ3v) is 7.58. The Labute approximate surface area is 217 Å². The van der Waals surface area contributed by atoms with Gasteiger partial charge in [0.1, 0.15) is 5.82 Å². The second-order valence-corrected chi connectivity index (χ2v) is 10.2. The molecule has 2 fully saturated rings. The molecule has 194 valence electrons. The molecule has 3 aromatic rings. The Bertz CT molecular complexity index is 1240. The van der Waals surface area contributed by atoms with Crippen LogP contribution in [0.15, 0.2) is 48.5 Å². The van der Waals surface area contributed by atoms with Crippen molar-refractivity contribution in [2.45, 2.75) is 38.5 Å². The van der Waals surface area contributed by atoms with E-state index in [0.29, 0.717) is 24.1 Å². The number of aromatic amines is 1. The van der Waals surface area contributed by atoms with E-state index in [1.807, 2.05) is 42.3 Å². The number of nitrogens with zero attached hydrogens (tertiary/aromatic N) is 4. The average molecular weight is 503 g/mol. The summed E-state index contributed by atoms with van der Waals surface area (Å²) in [6.45, 7) is 4.09. The summed E-state index contributed by atoms with van der Waals surface area (Å²) in [5.41, 5.74) is 10.3. The number of ether oxygens (including phenoxy) is 1. The first-order valence-corrected chi connectivity index (χ1v) is 12.9. The summed E-state index contributed by atoms with van der Waals surface area (Å²) in [5.74, 6) is 0.280. The van der Waals surface area contributed by atoms with Gasteiger partial charge < -0.3 is 20.3 Å². The molecule has 37 heavy (non-hydrogen) atoms. The number of rotatable bonds is 4. The number of anilines is 2. The summed E-state index contributed by atoms with van der Waals surface area (Å²) in [6.07, 6.45) is 5.61. The monoisotopic (exact) mass is 502 g/mol. The molecule has 6 rings (SSSR count). The van der Waals surface area contributed by atoms with Crippen LogP contribution >= 0.6 is 0 Å². The van der Waals surface area contributed by atoms with Crippen LogP contribution in [0, 0.1) is 5.41 Å². The summed E-state index contributed by atoms with van der Waals surface area (Å²) in [6, 6.07) is 16.5. The Kier molecular flexibility index (Phi) is 7.23. The lowest BCUT2D eigenvalue weighted by Gasteiger charge is -2.53. The van der Waals surface area contributed by atoms with E-state index >= 15 is 0 Å². The van der Waals surface area contributed by atoms with E-state index in [1.54, 1.807) is 0 Å². The van der Waals surface area contributed by atoms with E-state index in [-0.39, 0.29) is 11.7 Å². The maximum Gasteiger partial charge on any atom is 0.288 e. The molecule has 0 radical (unpaired) electrons. The molecule has 0 saturated carbocycles. The van der Waals surface area contributed by atoms with Crippen LogP contribution in [-0.2, 0) is 22.4 Å². The van der Waals surface area contributed by atoms with Crippen LogP contribution in [0.2, 0.25) is 0 Å². The van der Waals surface area contributed by atoms with Crippen LogP contribution in [0.3, 0.4) is 0 Å². The molecule has 0 aliphatic carbocycles. The fourth-order valence-corrected chi connectivity index (χ4v) is 5.35. The van der Waals surface area contributed by atoms with E-state index in [4.69, 9.17) is 10.5 Å². The second kappa shape index (κ2) is 10.7. The van der Waals surface area contributed by atoms with Crippen LogP contribution in [-0.4, -0.2) is 60.3 Å². The molecular formula is C28H34N6O3. The predicted molar refractivity (Wildman–Crippen MR) is 142 cm³/mol. The largest absolute Gasteiger partial charge is 0.381 e. The molecule has 0 atom stereocenters. The van der Waals surface area contributed by atoms with Gasteiger partial charge in [-0.15, -0.1) is 5.10 Å². The van der Waals surface area contributed by atoms with Crippen LogP contribution < -0.4 is 15.5 Å². The number of nitrogens with two attached hydrogens (primary N) is 1. The van der Waals surface area contributed by atoms with Gasteiger partial charge >= 0.3 is 0 Å². The van der Waals surface area contributed by atoms with Gasteiger partial charge in [-0.25, -0.2) is 4.98 Å². The van der Waals surface area contributed by atoms with Crippen molar-refractivity contribution in [2.24, 2.45) is 11.1 Å². The molecule has 4 heterocycles. The highest BCUT2D eigenvalue weighted by molar-refractivity contribution is 5.95. The molecule has 2 aromatic carbocycles. The molecule has 3 aliphatic rings. The zero-order chi connectivity index (χ0) is 25.8. The molecule has 9 heteroatoms. The van der Waals surface area contributed by atoms with Crippen molar-refractivity contribution in [3.05, 3.63) is 71.3 Å². The van der Waals surface area contributed by atoms with Gasteiger partial charge in [-0.05, 0) is 48.9 Å². The second-order valence-electron chi connectivity index (χ2n) is 10.2. The van der Waals surface area contributed by atoms with Crippen LogP contribution in [0.5, 0.6) is 0 Å². The van der Waals surface area contributed by atoms with E-state index in [9.17, 15) is 9.59 Å². The number of aromatic nitrogens is 3. The summed E-state index contributed by atoms with van der Waals surface area (Å²) >= 11 is 0. The lowest BCUT2D eigenvalue weighted by Crippen LogP contribution is -2.58. The first-order valence-electron chi connectivity index (χ1n) is 12.9. The summed E-state index contributed by atoms with van der Waals surface area (Å²) in [5, 5.41) is 6.37. The fourth-order valence-electron chi connectivity index (χ4n) is 5.35. The lowest BCUT2D eigenvalue weighted by molar-refractivity contribution is -0.118. The predicted octanol–water partition coefficient (Wildman–Crippen LogP) is 3.10. The number of nitrogens with one attached hydrogen (secondary N) is 1. The minimum Gasteiger partial charge on any atom is -0.381 e. The van der Waals surface area contributed by atoms with Crippen molar-refractivity contribution in [1.82, 2.24) is 15.2 Å². The molecule has 0 unspecified atom stereocenters. The van der Waals surface area contributed by atoms with Crippen LogP contribution in [0.1, 0.15) is 53.3 Å². The molecule has 1 aromatic heterocycles. The van der Waals surface area contributed by atoms with Crippen molar-refractivity contribution in [2.75, 3.05) is 43.2 Å². The number of amides is 2. The molecule has 1 spiro atoms. The van der Waals surface area contributed by atoms with E-state index in [0.717, 1.165) is 50.4 Å². The number of carbonyl (C=O) groups excluding carboxylic acids is 2. The SMILES string of the molecule is CN1C(=O)CCCc2ccc(N3CC4(CCOCC4)C3)cc21.NC(=O)c1n[nH]c(Cc2ccccc2)n1. The van der Waals surface area contributed by atoms with Gasteiger partial charge in [0.15, 0.2) is 0 Å². The van der Waals surface area contributed by atoms with Crippen LogP contribution in [0.25, 0.3) is 0 Å². The highest BCUT2D eigenvalue weighted by Gasteiger charge is 2.44. The Balaban J connectivity index is 0.000000164. The summed E-state index contributed by atoms with van der Waals surface area (Å²) in [7, 11) is 1.91. The smallest absolute Gasteiger partial charge is 0.288 e. The number of H-pyrrole nitrogens is 1. The van der Waals surface area contributed by atoms with Crippen molar-refractivity contribution in [3.8, 4) is 0 Å². The van der Waals surface area contributed by atoms with E-state index < -0.39 is 5.91 Å². The third-order valence-electron chi connectivity index (χ3n) is 7.58. The normalized spacial score (nSPS) is 18.4. The molecule has 0 bridgehead atoms. The van der Waals surface area contributed by atoms with Crippen molar-refractivity contribution in [1.29, 1.82) is 0 Å². The minimum absolute atomic E-state index is 0.0286. The van der Waals surface area contributed by atoms with Gasteiger partial charge in [0, 0.05) is 63.0 Å². The third kappa shape index (κ3) is 5.67. The van der Waals surface area contributed by atoms with Crippen molar-refractivity contribution < 1.29 is 14.3 Å². The topological polar surface area (TPSA) is 117 Å². The number of carbonyl (C=O) groups is 2. The van der Waals surface area contributed by atoms with Gasteiger partial charge in [0.05, 0.1) is 0 Å². The van der Waals surface area contributed by atoms with Gasteiger partial charge in [-0.2, -0.15) is 0 Å². The van der Waals surface area contributed by atoms with E-state index in [1.165, 1.54) is 24.1 Å². The first-order chi connectivity index (χ1) is 17.9. The molecule has 2 amide bonds. The lowest BCUT2D eigenvalue weighted by atomic mass is 9.73. The van der Waals surface area contributed by atoms with Gasteiger partial charge in [-0.1, -0.05) is 36.4 Å². The van der Waals surface area contributed by atoms with E-state index in [2.05, 4.69) is 38.3 Å². The zero-order valence-corrected chi connectivity index (χ0v) is 21.3. The van der Waals surface area contributed by atoms with Gasteiger partial charge in [-0.3, -0.25) is 14.7 Å². The van der Waals surface area contributed by atoms with Crippen molar-refractivity contribution >= 4 is 23.2 Å². The highest BCUT2D eigenvalue weighted by Crippen LogP contribution is 2.43. The summed E-state index contributed by atoms with van der Waals surface area (Å²) in [4.78, 5) is 31.1. The summed E-state index contributed by atoms with van der Waals surface area (Å²) < 4.78 is 5.49. The number of aryl methyl sites for hydroxylation is 1. The first kappa shape index (κ1) is 25.0. The fraction of sp³-hybridized carbons (Fsp3) is 0.429. The molecule has 3 N–H and O–H groups in total. The molecule has 3 aliphatic heterocycles. The number of fused-ring (bicyclic) bond motifs is 1. The quantitative estimate of drug-likeness (QED) is 0.566. The number of primary amides is 1. The van der Waals surface area contributed by atoms with Gasteiger partial charge in [0.2, 0.25) is 11.7 Å². The Morgan fingerprint density at radius 3 is 2.57 bits per heavy atom. The number of hydrogen-bond acceptors (Lipinski definition) is 6. The van der Waals surface area contributed by atoms with Crippen molar-refractivity contribution in [3.63, 3.8) is 0 Å². The Hall–Kier alpha value is -3.72.